The van der Waals surface area contributed by atoms with Crippen LogP contribution in [0.4, 0.5) is 5.69 Å². The van der Waals surface area contributed by atoms with Crippen LogP contribution in [0.1, 0.15) is 30.9 Å². The van der Waals surface area contributed by atoms with Crippen molar-refractivity contribution in [2.75, 3.05) is 12.4 Å². The summed E-state index contributed by atoms with van der Waals surface area (Å²) in [6.45, 7) is 4.72. The highest BCUT2D eigenvalue weighted by atomic mass is 16.5. The number of nitrogens with one attached hydrogen (secondary N) is 2. The van der Waals surface area contributed by atoms with Crippen molar-refractivity contribution in [3.8, 4) is 11.8 Å². The maximum absolute atomic E-state index is 12.2. The molecular weight excluding hydrogens is 326 g/mol. The first-order chi connectivity index (χ1) is 12.5. The van der Waals surface area contributed by atoms with Gasteiger partial charge >= 0.3 is 0 Å². The van der Waals surface area contributed by atoms with Gasteiger partial charge < -0.3 is 15.4 Å². The summed E-state index contributed by atoms with van der Waals surface area (Å²) < 4.78 is 5.11. The summed E-state index contributed by atoms with van der Waals surface area (Å²) in [7, 11) is 1.62. The molecule has 0 unspecified atom stereocenters. The minimum atomic E-state index is -0.438. The second-order valence-electron chi connectivity index (χ2n) is 6.13. The molecule has 1 amide bonds. The molecule has 5 heteroatoms. The van der Waals surface area contributed by atoms with E-state index in [-0.39, 0.29) is 5.57 Å². The number of anilines is 1. The van der Waals surface area contributed by atoms with Crippen LogP contribution in [-0.4, -0.2) is 13.0 Å². The van der Waals surface area contributed by atoms with Gasteiger partial charge in [0.2, 0.25) is 0 Å². The van der Waals surface area contributed by atoms with Crippen LogP contribution in [0.5, 0.6) is 5.75 Å². The second-order valence-corrected chi connectivity index (χ2v) is 6.13. The van der Waals surface area contributed by atoms with E-state index in [9.17, 15) is 10.1 Å². The Balaban J connectivity index is 1.94. The summed E-state index contributed by atoms with van der Waals surface area (Å²) in [6.07, 6.45) is 1.43. The standard InChI is InChI=1S/C21H23N3O2/c1-15(2)17-6-8-19(9-7-17)24-21(25)18(12-22)14-23-13-16-4-10-20(26-3)11-5-16/h4-11,14-15,23H,13H2,1-3H3,(H,24,25)/b18-14-. The Bertz CT molecular complexity index is 801. The van der Waals surface area contributed by atoms with Crippen molar-refractivity contribution in [1.82, 2.24) is 5.32 Å². The fourth-order valence-electron chi connectivity index (χ4n) is 2.31. The summed E-state index contributed by atoms with van der Waals surface area (Å²) in [4.78, 5) is 12.2. The molecule has 2 aromatic rings. The van der Waals surface area contributed by atoms with Crippen LogP contribution in [-0.2, 0) is 11.3 Å². The third kappa shape index (κ3) is 5.38. The monoisotopic (exact) mass is 349 g/mol. The van der Waals surface area contributed by atoms with Gasteiger partial charge in [-0.15, -0.1) is 0 Å². The number of nitrogens with zero attached hydrogens (tertiary/aromatic N) is 1. The van der Waals surface area contributed by atoms with E-state index in [1.807, 2.05) is 54.6 Å². The molecule has 2 N–H and O–H groups in total. The quantitative estimate of drug-likeness (QED) is 0.586. The minimum absolute atomic E-state index is 0.0199. The topological polar surface area (TPSA) is 74.1 Å². The van der Waals surface area contributed by atoms with Gasteiger partial charge in [0.25, 0.3) is 5.91 Å². The summed E-state index contributed by atoms with van der Waals surface area (Å²) in [5.74, 6) is 0.772. The Kier molecular flexibility index (Phi) is 6.81. The van der Waals surface area contributed by atoms with E-state index in [2.05, 4.69) is 24.5 Å². The third-order valence-corrected chi connectivity index (χ3v) is 3.91. The van der Waals surface area contributed by atoms with Gasteiger partial charge in [0.05, 0.1) is 7.11 Å². The van der Waals surface area contributed by atoms with Crippen molar-refractivity contribution in [3.63, 3.8) is 0 Å². The van der Waals surface area contributed by atoms with Crippen LogP contribution >= 0.6 is 0 Å². The lowest BCUT2D eigenvalue weighted by Gasteiger charge is -2.08. The molecule has 2 aromatic carbocycles. The molecule has 0 bridgehead atoms. The average Bonchev–Trinajstić information content (AvgIpc) is 2.66. The van der Waals surface area contributed by atoms with E-state index in [1.54, 1.807) is 7.11 Å². The highest BCUT2D eigenvalue weighted by Gasteiger charge is 2.09. The van der Waals surface area contributed by atoms with Gasteiger partial charge in [0.1, 0.15) is 17.4 Å². The van der Waals surface area contributed by atoms with Gasteiger partial charge in [0, 0.05) is 18.4 Å². The first kappa shape index (κ1) is 19.1. The van der Waals surface area contributed by atoms with Crippen molar-refractivity contribution in [2.24, 2.45) is 0 Å². The SMILES string of the molecule is COc1ccc(CN/C=C(/C#N)C(=O)Nc2ccc(C(C)C)cc2)cc1. The molecule has 0 aromatic heterocycles. The molecule has 134 valence electrons. The molecule has 0 saturated carbocycles. The summed E-state index contributed by atoms with van der Waals surface area (Å²) >= 11 is 0. The van der Waals surface area contributed by atoms with Gasteiger partial charge in [-0.1, -0.05) is 38.1 Å². The van der Waals surface area contributed by atoms with Gasteiger partial charge in [-0.25, -0.2) is 0 Å². The minimum Gasteiger partial charge on any atom is -0.497 e. The van der Waals surface area contributed by atoms with E-state index in [1.165, 1.54) is 11.8 Å². The first-order valence-electron chi connectivity index (χ1n) is 8.41. The number of carbonyl (C=O) groups is 1. The molecule has 26 heavy (non-hydrogen) atoms. The molecule has 0 radical (unpaired) electrons. The van der Waals surface area contributed by atoms with Gasteiger partial charge in [-0.2, -0.15) is 5.26 Å². The molecule has 0 heterocycles. The van der Waals surface area contributed by atoms with Crippen LogP contribution in [0, 0.1) is 11.3 Å². The summed E-state index contributed by atoms with van der Waals surface area (Å²) in [6, 6.07) is 17.1. The Morgan fingerprint density at radius 1 is 1.15 bits per heavy atom. The number of methoxy groups -OCH3 is 1. The van der Waals surface area contributed by atoms with E-state index in [4.69, 9.17) is 4.74 Å². The maximum atomic E-state index is 12.2. The molecule has 0 aliphatic rings. The molecule has 0 spiro atoms. The number of amides is 1. The van der Waals surface area contributed by atoms with Crippen LogP contribution in [0.3, 0.4) is 0 Å². The number of rotatable bonds is 7. The lowest BCUT2D eigenvalue weighted by Crippen LogP contribution is -2.16. The van der Waals surface area contributed by atoms with Crippen molar-refractivity contribution in [2.45, 2.75) is 26.3 Å². The Hall–Kier alpha value is -3.26. The third-order valence-electron chi connectivity index (χ3n) is 3.91. The molecule has 0 fully saturated rings. The molecule has 0 aliphatic heterocycles. The zero-order chi connectivity index (χ0) is 18.9. The van der Waals surface area contributed by atoms with Crippen molar-refractivity contribution >= 4 is 11.6 Å². The van der Waals surface area contributed by atoms with Crippen molar-refractivity contribution < 1.29 is 9.53 Å². The molecule has 0 aliphatic carbocycles. The van der Waals surface area contributed by atoms with Crippen molar-refractivity contribution in [3.05, 3.63) is 71.4 Å². The molecule has 2 rings (SSSR count). The van der Waals surface area contributed by atoms with Crippen molar-refractivity contribution in [1.29, 1.82) is 5.26 Å². The normalized spacial score (nSPS) is 11.0. The predicted molar refractivity (Wildman–Crippen MR) is 103 cm³/mol. The van der Waals surface area contributed by atoms with E-state index in [0.29, 0.717) is 18.2 Å². The fraction of sp³-hybridized carbons (Fsp3) is 0.238. The Labute approximate surface area is 154 Å². The van der Waals surface area contributed by atoms with Crippen LogP contribution in [0.25, 0.3) is 0 Å². The highest BCUT2D eigenvalue weighted by Crippen LogP contribution is 2.17. The molecule has 0 saturated heterocycles. The fourth-order valence-corrected chi connectivity index (χ4v) is 2.31. The number of hydrogen-bond acceptors (Lipinski definition) is 4. The van der Waals surface area contributed by atoms with Crippen LogP contribution < -0.4 is 15.4 Å². The number of benzene rings is 2. The van der Waals surface area contributed by atoms with Gasteiger partial charge in [-0.05, 0) is 41.3 Å². The molecule has 0 atom stereocenters. The zero-order valence-corrected chi connectivity index (χ0v) is 15.2. The van der Waals surface area contributed by atoms with E-state index < -0.39 is 5.91 Å². The van der Waals surface area contributed by atoms with E-state index >= 15 is 0 Å². The Morgan fingerprint density at radius 2 is 1.81 bits per heavy atom. The molecule has 5 nitrogen and oxygen atoms in total. The second kappa shape index (κ2) is 9.28. The maximum Gasteiger partial charge on any atom is 0.267 e. The van der Waals surface area contributed by atoms with Gasteiger partial charge in [0.15, 0.2) is 0 Å². The number of carbonyl (C=O) groups excluding carboxylic acids is 1. The first-order valence-corrected chi connectivity index (χ1v) is 8.41. The smallest absolute Gasteiger partial charge is 0.267 e. The lowest BCUT2D eigenvalue weighted by atomic mass is 10.0. The summed E-state index contributed by atoms with van der Waals surface area (Å²) in [5.41, 5.74) is 2.89. The van der Waals surface area contributed by atoms with Crippen LogP contribution in [0.2, 0.25) is 0 Å². The predicted octanol–water partition coefficient (Wildman–Crippen LogP) is 3.95. The van der Waals surface area contributed by atoms with Gasteiger partial charge in [-0.3, -0.25) is 4.79 Å². The largest absolute Gasteiger partial charge is 0.497 e. The molecular formula is C21H23N3O2. The summed E-state index contributed by atoms with van der Waals surface area (Å²) in [5, 5.41) is 15.0. The zero-order valence-electron chi connectivity index (χ0n) is 15.2. The number of nitriles is 1. The average molecular weight is 349 g/mol. The van der Waals surface area contributed by atoms with Crippen LogP contribution in [0.15, 0.2) is 60.3 Å². The van der Waals surface area contributed by atoms with E-state index in [0.717, 1.165) is 11.3 Å². The number of hydrogen-bond donors (Lipinski definition) is 2. The highest BCUT2D eigenvalue weighted by molar-refractivity contribution is 6.06. The lowest BCUT2D eigenvalue weighted by molar-refractivity contribution is -0.112. The number of ether oxygens (including phenoxy) is 1. The Morgan fingerprint density at radius 3 is 2.35 bits per heavy atom.